The lowest BCUT2D eigenvalue weighted by molar-refractivity contribution is 0.143. The zero-order valence-electron chi connectivity index (χ0n) is 12.0. The number of alkyl carbamates (subject to hydrolysis) is 1. The van der Waals surface area contributed by atoms with E-state index in [1.807, 2.05) is 24.3 Å². The highest BCUT2D eigenvalue weighted by Gasteiger charge is 2.28. The molecule has 1 aliphatic rings. The number of fused-ring (bicyclic) bond motifs is 3. The summed E-state index contributed by atoms with van der Waals surface area (Å²) in [6, 6.07) is 16.4. The molecular weight excluding hydrogens is 278 g/mol. The number of rotatable bonds is 5. The molecule has 4 heteroatoms. The van der Waals surface area contributed by atoms with Crippen LogP contribution in [-0.2, 0) is 9.53 Å². The fourth-order valence-electron chi connectivity index (χ4n) is 2.87. The van der Waals surface area contributed by atoms with Gasteiger partial charge in [-0.25, -0.2) is 4.79 Å². The fraction of sp³-hybridized carbons (Fsp3) is 0.222. The smallest absolute Gasteiger partial charge is 0.407 e. The lowest BCUT2D eigenvalue weighted by Gasteiger charge is -2.14. The molecule has 1 aliphatic carbocycles. The Hall–Kier alpha value is -2.62. The molecule has 2 aromatic rings. The molecule has 0 bridgehead atoms. The van der Waals surface area contributed by atoms with Gasteiger partial charge >= 0.3 is 6.09 Å². The summed E-state index contributed by atoms with van der Waals surface area (Å²) in [6.45, 7) is 0.533. The zero-order valence-corrected chi connectivity index (χ0v) is 12.0. The van der Waals surface area contributed by atoms with Crippen LogP contribution in [0.25, 0.3) is 11.1 Å². The lowest BCUT2D eigenvalue weighted by Crippen LogP contribution is -2.27. The molecule has 0 fully saturated rings. The number of hydrogen-bond donors (Lipinski definition) is 1. The second-order valence-electron chi connectivity index (χ2n) is 5.15. The highest BCUT2D eigenvalue weighted by Crippen LogP contribution is 2.44. The molecule has 0 saturated carbocycles. The van der Waals surface area contributed by atoms with E-state index < -0.39 is 6.09 Å². The maximum Gasteiger partial charge on any atom is 0.407 e. The zero-order chi connectivity index (χ0) is 15.4. The van der Waals surface area contributed by atoms with E-state index in [2.05, 4.69) is 29.6 Å². The van der Waals surface area contributed by atoms with Crippen molar-refractivity contribution >= 4 is 12.4 Å². The predicted octanol–water partition coefficient (Wildman–Crippen LogP) is 3.02. The first kappa shape index (κ1) is 14.3. The van der Waals surface area contributed by atoms with Crippen LogP contribution in [0, 0.1) is 0 Å². The maximum atomic E-state index is 11.6. The number of hydrogen-bond acceptors (Lipinski definition) is 3. The molecule has 0 unspecified atom stereocenters. The van der Waals surface area contributed by atoms with Crippen molar-refractivity contribution in [2.45, 2.75) is 12.3 Å². The summed E-state index contributed by atoms with van der Waals surface area (Å²) in [5.41, 5.74) is 4.75. The van der Waals surface area contributed by atoms with E-state index in [1.54, 1.807) is 6.29 Å². The third-order valence-electron chi connectivity index (χ3n) is 3.84. The van der Waals surface area contributed by atoms with Gasteiger partial charge in [-0.15, -0.1) is 0 Å². The largest absolute Gasteiger partial charge is 0.449 e. The summed E-state index contributed by atoms with van der Waals surface area (Å²) in [5, 5.41) is 2.53. The lowest BCUT2D eigenvalue weighted by atomic mass is 9.98. The van der Waals surface area contributed by atoms with Gasteiger partial charge in [-0.3, -0.25) is 4.79 Å². The molecule has 0 heterocycles. The van der Waals surface area contributed by atoms with E-state index in [-0.39, 0.29) is 25.5 Å². The Labute approximate surface area is 129 Å². The van der Waals surface area contributed by atoms with Gasteiger partial charge in [-0.05, 0) is 22.3 Å². The minimum atomic E-state index is -0.503. The van der Waals surface area contributed by atoms with Crippen LogP contribution in [0.15, 0.2) is 48.5 Å². The Morgan fingerprint density at radius 3 is 2.23 bits per heavy atom. The van der Waals surface area contributed by atoms with Crippen molar-refractivity contribution in [2.75, 3.05) is 13.2 Å². The van der Waals surface area contributed by atoms with Crippen LogP contribution in [-0.4, -0.2) is 25.5 Å². The molecule has 0 saturated heterocycles. The summed E-state index contributed by atoms with van der Waals surface area (Å²) in [6.07, 6.45) is 1.39. The maximum absolute atomic E-state index is 11.6. The number of benzene rings is 2. The molecule has 0 spiro atoms. The summed E-state index contributed by atoms with van der Waals surface area (Å²) in [7, 11) is 0. The van der Waals surface area contributed by atoms with Gasteiger partial charge in [-0.2, -0.15) is 0 Å². The van der Waals surface area contributed by atoms with Crippen LogP contribution in [0.2, 0.25) is 0 Å². The van der Waals surface area contributed by atoms with Crippen LogP contribution in [0.1, 0.15) is 23.5 Å². The summed E-state index contributed by atoms with van der Waals surface area (Å²) < 4.78 is 5.31. The molecule has 111 valence electrons. The average Bonchev–Trinajstić information content (AvgIpc) is 2.87. The fourth-order valence-corrected chi connectivity index (χ4v) is 2.87. The standard InChI is InChI=1S/C18H16NO3/c20-11-5-10-19-18(21)22-12-17-15-8-3-1-6-13(15)14-7-2-4-9-16(14)17/h1-4,6-9,17H,5,10,12H2,(H,19,21). The third kappa shape index (κ3) is 2.72. The highest BCUT2D eigenvalue weighted by molar-refractivity contribution is 5.79. The summed E-state index contributed by atoms with van der Waals surface area (Å²) >= 11 is 0. The highest BCUT2D eigenvalue weighted by atomic mass is 16.5. The summed E-state index contributed by atoms with van der Waals surface area (Å²) in [4.78, 5) is 21.7. The number of nitrogens with one attached hydrogen (secondary N) is 1. The predicted molar refractivity (Wildman–Crippen MR) is 83.4 cm³/mol. The van der Waals surface area contributed by atoms with Crippen molar-refractivity contribution in [1.29, 1.82) is 0 Å². The first-order chi connectivity index (χ1) is 10.8. The van der Waals surface area contributed by atoms with E-state index in [0.29, 0.717) is 0 Å². The summed E-state index contributed by atoms with van der Waals surface area (Å²) in [5.74, 6) is 0.0517. The van der Waals surface area contributed by atoms with E-state index in [9.17, 15) is 9.59 Å². The van der Waals surface area contributed by atoms with Gasteiger partial charge in [0, 0.05) is 18.9 Å². The Morgan fingerprint density at radius 2 is 1.64 bits per heavy atom. The van der Waals surface area contributed by atoms with Gasteiger partial charge in [0.1, 0.15) is 6.61 Å². The van der Waals surface area contributed by atoms with E-state index in [0.717, 1.165) is 0 Å². The Balaban J connectivity index is 1.74. The van der Waals surface area contributed by atoms with Crippen molar-refractivity contribution < 1.29 is 14.3 Å². The molecular formula is C18H16NO3. The van der Waals surface area contributed by atoms with Gasteiger partial charge in [0.15, 0.2) is 6.29 Å². The van der Waals surface area contributed by atoms with Crippen molar-refractivity contribution in [3.05, 3.63) is 59.7 Å². The Morgan fingerprint density at radius 1 is 1.05 bits per heavy atom. The molecule has 22 heavy (non-hydrogen) atoms. The first-order valence-electron chi connectivity index (χ1n) is 7.25. The van der Waals surface area contributed by atoms with Gasteiger partial charge in [0.2, 0.25) is 0 Å². The third-order valence-corrected chi connectivity index (χ3v) is 3.84. The molecule has 1 N–H and O–H groups in total. The Kier molecular flexibility index (Phi) is 4.19. The normalized spacial score (nSPS) is 12.4. The minimum Gasteiger partial charge on any atom is -0.449 e. The van der Waals surface area contributed by atoms with Crippen LogP contribution >= 0.6 is 0 Å². The molecule has 0 aliphatic heterocycles. The van der Waals surface area contributed by atoms with E-state index in [1.165, 1.54) is 22.3 Å². The SMILES string of the molecule is O=[C]CCNC(=O)OCC1c2ccccc2-c2ccccc21. The van der Waals surface area contributed by atoms with E-state index in [4.69, 9.17) is 4.74 Å². The molecule has 1 radical (unpaired) electrons. The topological polar surface area (TPSA) is 55.4 Å². The van der Waals surface area contributed by atoms with Gasteiger partial charge in [-0.1, -0.05) is 48.5 Å². The van der Waals surface area contributed by atoms with Crippen molar-refractivity contribution in [3.8, 4) is 11.1 Å². The van der Waals surface area contributed by atoms with Gasteiger partial charge < -0.3 is 10.1 Å². The first-order valence-corrected chi connectivity index (χ1v) is 7.25. The molecule has 2 aromatic carbocycles. The molecule has 4 nitrogen and oxygen atoms in total. The second-order valence-corrected chi connectivity index (χ2v) is 5.15. The van der Waals surface area contributed by atoms with Gasteiger partial charge in [0.25, 0.3) is 0 Å². The van der Waals surface area contributed by atoms with Crippen LogP contribution in [0.5, 0.6) is 0 Å². The van der Waals surface area contributed by atoms with Crippen LogP contribution in [0.4, 0.5) is 4.79 Å². The average molecular weight is 294 g/mol. The van der Waals surface area contributed by atoms with Gasteiger partial charge in [0.05, 0.1) is 0 Å². The molecule has 1 amide bonds. The van der Waals surface area contributed by atoms with E-state index >= 15 is 0 Å². The number of carbonyl (C=O) groups excluding carboxylic acids is 2. The molecule has 0 atom stereocenters. The minimum absolute atomic E-state index is 0.0517. The Bertz CT molecular complexity index is 651. The number of carbonyl (C=O) groups is 1. The molecule has 0 aromatic heterocycles. The van der Waals surface area contributed by atoms with Crippen LogP contribution < -0.4 is 5.32 Å². The van der Waals surface area contributed by atoms with Crippen LogP contribution in [0.3, 0.4) is 0 Å². The quantitative estimate of drug-likeness (QED) is 0.862. The van der Waals surface area contributed by atoms with Crippen molar-refractivity contribution in [2.24, 2.45) is 0 Å². The number of amides is 1. The monoisotopic (exact) mass is 294 g/mol. The van der Waals surface area contributed by atoms with Crippen molar-refractivity contribution in [1.82, 2.24) is 5.32 Å². The molecule has 3 rings (SSSR count). The van der Waals surface area contributed by atoms with Crippen molar-refractivity contribution in [3.63, 3.8) is 0 Å². The second kappa shape index (κ2) is 6.43. The number of ether oxygens (including phenoxy) is 1.